The molecular formula is C22H28O5. The lowest BCUT2D eigenvalue weighted by atomic mass is 10.0. The smallest absolute Gasteiger partial charge is 0.118 e. The fourth-order valence-electron chi connectivity index (χ4n) is 2.51. The van der Waals surface area contributed by atoms with Crippen LogP contribution >= 0.6 is 0 Å². The summed E-state index contributed by atoms with van der Waals surface area (Å²) >= 11 is 0. The zero-order chi connectivity index (χ0) is 19.5. The van der Waals surface area contributed by atoms with Crippen molar-refractivity contribution < 1.29 is 24.1 Å². The van der Waals surface area contributed by atoms with Gasteiger partial charge in [0.2, 0.25) is 0 Å². The van der Waals surface area contributed by atoms with E-state index < -0.39 is 6.10 Å². The first-order chi connectivity index (χ1) is 13.2. The maximum Gasteiger partial charge on any atom is 0.118 e. The molecule has 1 N–H and O–H groups in total. The van der Waals surface area contributed by atoms with Gasteiger partial charge < -0.3 is 24.1 Å². The summed E-state index contributed by atoms with van der Waals surface area (Å²) in [4.78, 5) is 0. The zero-order valence-corrected chi connectivity index (χ0v) is 16.0. The largest absolute Gasteiger partial charge is 0.497 e. The molecule has 2 rings (SSSR count). The van der Waals surface area contributed by atoms with E-state index in [9.17, 15) is 5.11 Å². The second kappa shape index (κ2) is 11.4. The fourth-order valence-corrected chi connectivity index (χ4v) is 2.51. The minimum Gasteiger partial charge on any atom is -0.497 e. The second-order valence-electron chi connectivity index (χ2n) is 6.19. The van der Waals surface area contributed by atoms with Gasteiger partial charge in [0.1, 0.15) is 11.5 Å². The third kappa shape index (κ3) is 7.06. The third-order valence-corrected chi connectivity index (χ3v) is 4.25. The number of benzene rings is 2. The van der Waals surface area contributed by atoms with Gasteiger partial charge in [0.25, 0.3) is 0 Å². The summed E-state index contributed by atoms with van der Waals surface area (Å²) < 4.78 is 21.6. The van der Waals surface area contributed by atoms with Crippen LogP contribution in [0.5, 0.6) is 11.5 Å². The van der Waals surface area contributed by atoms with Crippen molar-refractivity contribution in [1.82, 2.24) is 0 Å². The predicted molar refractivity (Wildman–Crippen MR) is 105 cm³/mol. The summed E-state index contributed by atoms with van der Waals surface area (Å²) in [5, 5.41) is 10.3. The Bertz CT molecular complexity index is 666. The number of aliphatic hydroxyl groups excluding tert-OH is 1. The molecule has 0 fully saturated rings. The highest BCUT2D eigenvalue weighted by Gasteiger charge is 2.16. The van der Waals surface area contributed by atoms with Crippen LogP contribution in [0.4, 0.5) is 0 Å². The van der Waals surface area contributed by atoms with Crippen LogP contribution in [0.3, 0.4) is 0 Å². The van der Waals surface area contributed by atoms with Gasteiger partial charge in [0.15, 0.2) is 0 Å². The van der Waals surface area contributed by atoms with Gasteiger partial charge in [-0.15, -0.1) is 6.58 Å². The molecule has 0 spiro atoms. The molecule has 2 atom stereocenters. The Hall–Kier alpha value is -2.34. The van der Waals surface area contributed by atoms with Gasteiger partial charge in [0.05, 0.1) is 46.8 Å². The Morgan fingerprint density at radius 1 is 0.815 bits per heavy atom. The first-order valence-corrected chi connectivity index (χ1v) is 8.88. The van der Waals surface area contributed by atoms with E-state index in [0.717, 1.165) is 22.6 Å². The highest BCUT2D eigenvalue weighted by molar-refractivity contribution is 5.27. The van der Waals surface area contributed by atoms with E-state index in [2.05, 4.69) is 6.58 Å². The standard InChI is InChI=1S/C22H28O5/c1-4-19(15-26-13-17-5-9-20(24-2)10-6-17)22(23)16-27-14-18-7-11-21(25-3)12-8-18/h4-12,19,22-23H,1,13-16H2,2-3H3/t19-,22-/m0/s1. The van der Waals surface area contributed by atoms with E-state index in [-0.39, 0.29) is 12.5 Å². The van der Waals surface area contributed by atoms with E-state index in [1.54, 1.807) is 20.3 Å². The number of rotatable bonds is 12. The first-order valence-electron chi connectivity index (χ1n) is 8.88. The third-order valence-electron chi connectivity index (χ3n) is 4.25. The number of aliphatic hydroxyl groups is 1. The number of methoxy groups -OCH3 is 2. The molecule has 0 bridgehead atoms. The lowest BCUT2D eigenvalue weighted by molar-refractivity contribution is -0.0180. The van der Waals surface area contributed by atoms with Crippen molar-refractivity contribution in [3.63, 3.8) is 0 Å². The van der Waals surface area contributed by atoms with Crippen LogP contribution in [0.1, 0.15) is 11.1 Å². The molecule has 0 saturated heterocycles. The molecule has 27 heavy (non-hydrogen) atoms. The minimum atomic E-state index is -0.670. The molecule has 5 heteroatoms. The van der Waals surface area contributed by atoms with Crippen LogP contribution in [0.2, 0.25) is 0 Å². The van der Waals surface area contributed by atoms with Crippen molar-refractivity contribution in [3.8, 4) is 11.5 Å². The van der Waals surface area contributed by atoms with Crippen molar-refractivity contribution in [2.45, 2.75) is 19.3 Å². The average molecular weight is 372 g/mol. The molecule has 0 aliphatic heterocycles. The maximum absolute atomic E-state index is 10.3. The molecule has 0 radical (unpaired) electrons. The van der Waals surface area contributed by atoms with Crippen molar-refractivity contribution in [2.24, 2.45) is 5.92 Å². The Morgan fingerprint density at radius 2 is 1.26 bits per heavy atom. The molecule has 146 valence electrons. The van der Waals surface area contributed by atoms with E-state index >= 15 is 0 Å². The normalized spacial score (nSPS) is 13.0. The van der Waals surface area contributed by atoms with E-state index in [1.807, 2.05) is 48.5 Å². The summed E-state index contributed by atoms with van der Waals surface area (Å²) in [6, 6.07) is 15.3. The Morgan fingerprint density at radius 3 is 1.67 bits per heavy atom. The van der Waals surface area contributed by atoms with Crippen LogP contribution in [0.15, 0.2) is 61.2 Å². The zero-order valence-electron chi connectivity index (χ0n) is 16.0. The molecule has 5 nitrogen and oxygen atoms in total. The van der Waals surface area contributed by atoms with Crippen molar-refractivity contribution in [2.75, 3.05) is 27.4 Å². The Balaban J connectivity index is 1.70. The average Bonchev–Trinajstić information content (AvgIpc) is 2.72. The quantitative estimate of drug-likeness (QED) is 0.577. The van der Waals surface area contributed by atoms with E-state index in [4.69, 9.17) is 18.9 Å². The van der Waals surface area contributed by atoms with Gasteiger partial charge in [0, 0.05) is 5.92 Å². The van der Waals surface area contributed by atoms with Crippen LogP contribution < -0.4 is 9.47 Å². The number of hydrogen-bond acceptors (Lipinski definition) is 5. The topological polar surface area (TPSA) is 57.2 Å². The summed E-state index contributed by atoms with van der Waals surface area (Å²) in [6.07, 6.45) is 1.03. The molecule has 2 aromatic carbocycles. The molecule has 2 aromatic rings. The number of hydrogen-bond donors (Lipinski definition) is 1. The Kier molecular flexibility index (Phi) is 8.84. The second-order valence-corrected chi connectivity index (χ2v) is 6.19. The van der Waals surface area contributed by atoms with Gasteiger partial charge in [-0.05, 0) is 35.4 Å². The van der Waals surface area contributed by atoms with Crippen LogP contribution in [-0.2, 0) is 22.7 Å². The lowest BCUT2D eigenvalue weighted by Gasteiger charge is -2.20. The highest BCUT2D eigenvalue weighted by Crippen LogP contribution is 2.15. The molecular weight excluding hydrogens is 344 g/mol. The van der Waals surface area contributed by atoms with Crippen LogP contribution in [-0.4, -0.2) is 38.6 Å². The lowest BCUT2D eigenvalue weighted by Crippen LogP contribution is -2.28. The van der Waals surface area contributed by atoms with Crippen molar-refractivity contribution in [3.05, 3.63) is 72.3 Å². The van der Waals surface area contributed by atoms with Crippen LogP contribution in [0, 0.1) is 5.92 Å². The van der Waals surface area contributed by atoms with Gasteiger partial charge in [-0.25, -0.2) is 0 Å². The summed E-state index contributed by atoms with van der Waals surface area (Å²) in [6.45, 7) is 5.28. The summed E-state index contributed by atoms with van der Waals surface area (Å²) in [5.74, 6) is 1.42. The molecule has 0 aliphatic rings. The van der Waals surface area contributed by atoms with Crippen LogP contribution in [0.25, 0.3) is 0 Å². The minimum absolute atomic E-state index is 0.195. The fraction of sp³-hybridized carbons (Fsp3) is 0.364. The first kappa shape index (κ1) is 21.0. The van der Waals surface area contributed by atoms with Gasteiger partial charge in [-0.1, -0.05) is 30.3 Å². The molecule has 0 unspecified atom stereocenters. The summed E-state index contributed by atoms with van der Waals surface area (Å²) in [7, 11) is 3.27. The monoisotopic (exact) mass is 372 g/mol. The molecule has 0 aromatic heterocycles. The SMILES string of the molecule is C=C[C@@H](COCc1ccc(OC)cc1)[C@@H](O)COCc1ccc(OC)cc1. The molecule has 0 amide bonds. The molecule has 0 saturated carbocycles. The molecule has 0 aliphatic carbocycles. The van der Waals surface area contributed by atoms with Crippen molar-refractivity contribution in [1.29, 1.82) is 0 Å². The predicted octanol–water partition coefficient (Wildman–Crippen LogP) is 3.60. The van der Waals surface area contributed by atoms with Gasteiger partial charge >= 0.3 is 0 Å². The van der Waals surface area contributed by atoms with Gasteiger partial charge in [-0.2, -0.15) is 0 Å². The van der Waals surface area contributed by atoms with E-state index in [0.29, 0.717) is 19.8 Å². The highest BCUT2D eigenvalue weighted by atomic mass is 16.5. The summed E-state index contributed by atoms with van der Waals surface area (Å²) in [5.41, 5.74) is 2.07. The van der Waals surface area contributed by atoms with Gasteiger partial charge in [-0.3, -0.25) is 0 Å². The maximum atomic E-state index is 10.3. The Labute approximate surface area is 161 Å². The number of ether oxygens (including phenoxy) is 4. The van der Waals surface area contributed by atoms with E-state index in [1.165, 1.54) is 0 Å². The molecule has 0 heterocycles. The van der Waals surface area contributed by atoms with Crippen molar-refractivity contribution >= 4 is 0 Å².